The van der Waals surface area contributed by atoms with Crippen molar-refractivity contribution in [1.29, 1.82) is 0 Å². The largest absolute Gasteiger partial charge is 0.458 e. The average Bonchev–Trinajstić information content (AvgIpc) is 3.32. The summed E-state index contributed by atoms with van der Waals surface area (Å²) >= 11 is 0. The fourth-order valence-electron chi connectivity index (χ4n) is 8.26. The lowest BCUT2D eigenvalue weighted by Crippen LogP contribution is -2.44. The lowest BCUT2D eigenvalue weighted by atomic mass is 9.40. The zero-order valence-corrected chi connectivity index (χ0v) is 30.0. The van der Waals surface area contributed by atoms with Crippen LogP contribution in [0.1, 0.15) is 138 Å². The Balaban J connectivity index is 2.27. The predicted molar refractivity (Wildman–Crippen MR) is 203 cm³/mol. The van der Waals surface area contributed by atoms with Crippen LogP contribution >= 0.6 is 0 Å². The molecule has 12 nitrogen and oxygen atoms in total. The van der Waals surface area contributed by atoms with Gasteiger partial charge in [-0.2, -0.15) is 0 Å². The van der Waals surface area contributed by atoms with E-state index in [1.807, 2.05) is 0 Å². The summed E-state index contributed by atoms with van der Waals surface area (Å²) in [5.41, 5.74) is -0.416. The molecule has 0 fully saturated rings. The van der Waals surface area contributed by atoms with Gasteiger partial charge in [0.25, 0.3) is 0 Å². The van der Waals surface area contributed by atoms with Crippen LogP contribution in [0.25, 0.3) is 11.1 Å². The molecule has 12 N–H and O–H groups in total. The first-order valence-corrected chi connectivity index (χ1v) is 18.7. The molecule has 1 aliphatic carbocycles. The maximum Gasteiger partial charge on any atom is 0.458 e. The first kappa shape index (κ1) is 43.8. The van der Waals surface area contributed by atoms with Crippen LogP contribution in [0, 0.1) is 0 Å². The van der Waals surface area contributed by atoms with Gasteiger partial charge in [-0.3, -0.25) is 0 Å². The monoisotopic (exact) mass is 710 g/mol. The minimum atomic E-state index is -2.28. The fraction of sp³-hybridized carbons (Fsp3) is 0.636. The van der Waals surface area contributed by atoms with E-state index in [-0.39, 0.29) is 11.1 Å². The number of benzene rings is 2. The third-order valence-corrected chi connectivity index (χ3v) is 10.9. The SMILES string of the molecule is CCCCCCCCC1(CCCCCCCC)c2cc(C(B(O)O)C(B(O)O)B(O)O)ccc2-c2ccc(C(B(O)O)C(B(O)O)B(O)O)cc21. The molecule has 278 valence electrons. The quantitative estimate of drug-likeness (QED) is 0.0546. The van der Waals surface area contributed by atoms with Gasteiger partial charge < -0.3 is 60.3 Å². The maximum absolute atomic E-state index is 10.4. The van der Waals surface area contributed by atoms with Crippen molar-refractivity contribution >= 4 is 42.7 Å². The average molecular weight is 710 g/mol. The molecule has 0 heterocycles. The second-order valence-corrected chi connectivity index (χ2v) is 14.4. The van der Waals surface area contributed by atoms with E-state index in [0.29, 0.717) is 12.8 Å². The molecule has 0 radical (unpaired) electrons. The smallest absolute Gasteiger partial charge is 0.427 e. The van der Waals surface area contributed by atoms with Gasteiger partial charge in [0, 0.05) is 28.5 Å². The lowest BCUT2D eigenvalue weighted by Gasteiger charge is -2.35. The third-order valence-electron chi connectivity index (χ3n) is 10.9. The molecule has 0 aromatic heterocycles. The summed E-state index contributed by atoms with van der Waals surface area (Å²) in [5, 5.41) is 122. The molecule has 0 aliphatic heterocycles. The number of fused-ring (bicyclic) bond motifs is 3. The van der Waals surface area contributed by atoms with Gasteiger partial charge in [0.1, 0.15) is 0 Å². The number of hydrogen-bond acceptors (Lipinski definition) is 12. The summed E-state index contributed by atoms with van der Waals surface area (Å²) in [6.07, 6.45) is 13.6. The molecule has 3 rings (SSSR count). The fourth-order valence-corrected chi connectivity index (χ4v) is 8.26. The van der Waals surface area contributed by atoms with Gasteiger partial charge in [0.2, 0.25) is 0 Å². The highest BCUT2D eigenvalue weighted by Gasteiger charge is 2.50. The molecule has 2 aromatic carbocycles. The zero-order valence-electron chi connectivity index (χ0n) is 30.0. The summed E-state index contributed by atoms with van der Waals surface area (Å²) in [7, 11) is -13.5. The van der Waals surface area contributed by atoms with E-state index >= 15 is 0 Å². The molecule has 2 atom stereocenters. The molecular formula is C33H56B6O12. The summed E-state index contributed by atoms with van der Waals surface area (Å²) in [6, 6.07) is 10.3. The molecule has 2 unspecified atom stereocenters. The summed E-state index contributed by atoms with van der Waals surface area (Å²) in [5.74, 6) is -2.97. The minimum absolute atomic E-state index is 0.258. The Kier molecular flexibility index (Phi) is 17.8. The van der Waals surface area contributed by atoms with Crippen molar-refractivity contribution in [2.24, 2.45) is 0 Å². The van der Waals surface area contributed by atoms with Gasteiger partial charge in [-0.25, -0.2) is 0 Å². The molecule has 51 heavy (non-hydrogen) atoms. The van der Waals surface area contributed by atoms with Crippen molar-refractivity contribution in [3.8, 4) is 11.1 Å². The molecule has 0 saturated heterocycles. The van der Waals surface area contributed by atoms with E-state index in [1.54, 1.807) is 36.4 Å². The number of hydrogen-bond donors (Lipinski definition) is 12. The molecule has 0 saturated carbocycles. The van der Waals surface area contributed by atoms with Crippen LogP contribution in [0.2, 0.25) is 11.4 Å². The summed E-state index contributed by atoms with van der Waals surface area (Å²) in [4.78, 5) is 0. The Labute approximate surface area is 304 Å². The number of rotatable bonds is 24. The van der Waals surface area contributed by atoms with Crippen molar-refractivity contribution in [3.05, 3.63) is 58.7 Å². The van der Waals surface area contributed by atoms with Gasteiger partial charge in [-0.05, 0) is 46.2 Å². The number of unbranched alkanes of at least 4 members (excludes halogenated alkanes) is 10. The van der Waals surface area contributed by atoms with Gasteiger partial charge in [0.15, 0.2) is 0 Å². The Morgan fingerprint density at radius 3 is 1.04 bits per heavy atom. The molecular weight excluding hydrogens is 653 g/mol. The Hall–Kier alpha value is -1.65. The molecule has 18 heteroatoms. The van der Waals surface area contributed by atoms with Crippen LogP contribution in [0.4, 0.5) is 0 Å². The highest BCUT2D eigenvalue weighted by molar-refractivity contribution is 6.68. The van der Waals surface area contributed by atoms with Crippen molar-refractivity contribution in [2.45, 2.75) is 132 Å². The Morgan fingerprint density at radius 2 is 0.745 bits per heavy atom. The molecule has 0 spiro atoms. The second-order valence-electron chi connectivity index (χ2n) is 14.4. The van der Waals surface area contributed by atoms with Crippen molar-refractivity contribution in [1.82, 2.24) is 0 Å². The Bertz CT molecular complexity index is 1220. The van der Waals surface area contributed by atoms with E-state index < -0.39 is 71.2 Å². The van der Waals surface area contributed by atoms with Gasteiger partial charge in [-0.1, -0.05) is 127 Å². The predicted octanol–water partition coefficient (Wildman–Crippen LogP) is 1.36. The van der Waals surface area contributed by atoms with Crippen molar-refractivity contribution < 1.29 is 60.3 Å². The molecule has 0 amide bonds. The molecule has 1 aliphatic rings. The van der Waals surface area contributed by atoms with E-state index in [4.69, 9.17) is 0 Å². The lowest BCUT2D eigenvalue weighted by molar-refractivity contribution is 0.333. The zero-order chi connectivity index (χ0) is 37.9. The third kappa shape index (κ3) is 10.7. The van der Waals surface area contributed by atoms with Crippen LogP contribution in [0.3, 0.4) is 0 Å². The van der Waals surface area contributed by atoms with E-state index in [9.17, 15) is 60.3 Å². The van der Waals surface area contributed by atoms with Crippen LogP contribution < -0.4 is 0 Å². The topological polar surface area (TPSA) is 243 Å². The second kappa shape index (κ2) is 20.7. The first-order valence-electron chi connectivity index (χ1n) is 18.7. The maximum atomic E-state index is 10.4. The molecule has 0 bridgehead atoms. The van der Waals surface area contributed by atoms with Crippen molar-refractivity contribution in [3.63, 3.8) is 0 Å². The van der Waals surface area contributed by atoms with E-state index in [0.717, 1.165) is 99.3 Å². The van der Waals surface area contributed by atoms with Crippen molar-refractivity contribution in [2.75, 3.05) is 0 Å². The van der Waals surface area contributed by atoms with Gasteiger partial charge >= 0.3 is 42.7 Å². The van der Waals surface area contributed by atoms with Crippen LogP contribution in [-0.4, -0.2) is 103 Å². The van der Waals surface area contributed by atoms with Crippen LogP contribution in [-0.2, 0) is 5.41 Å². The van der Waals surface area contributed by atoms with Crippen LogP contribution in [0.15, 0.2) is 36.4 Å². The summed E-state index contributed by atoms with van der Waals surface area (Å²) < 4.78 is 0. The first-order chi connectivity index (χ1) is 24.2. The van der Waals surface area contributed by atoms with E-state index in [1.165, 1.54) is 0 Å². The Morgan fingerprint density at radius 1 is 0.431 bits per heavy atom. The normalized spacial score (nSPS) is 14.4. The molecule has 2 aromatic rings. The minimum Gasteiger partial charge on any atom is -0.427 e. The van der Waals surface area contributed by atoms with Gasteiger partial charge in [-0.15, -0.1) is 0 Å². The highest BCUT2D eigenvalue weighted by Crippen LogP contribution is 2.56. The standard InChI is InChI=1S/C33H56B6O12/c1-3-5-7-9-11-13-19-33(20-14-12-10-8-6-4-2)27-21-23(29(34(40)41)31(36(44)45)37(46)47)15-17-25(27)26-18-16-24(22-28(26)33)30(35(42)43)32(38(48)49)39(50)51/h15-18,21-22,29-32,40-51H,3-14,19-20H2,1-2H3. The van der Waals surface area contributed by atoms with Crippen LogP contribution in [0.5, 0.6) is 0 Å². The van der Waals surface area contributed by atoms with E-state index in [2.05, 4.69) is 13.8 Å². The van der Waals surface area contributed by atoms with Gasteiger partial charge in [0.05, 0.1) is 0 Å². The highest BCUT2D eigenvalue weighted by atomic mass is 16.4. The summed E-state index contributed by atoms with van der Waals surface area (Å²) in [6.45, 7) is 4.30.